The van der Waals surface area contributed by atoms with Gasteiger partial charge in [-0.25, -0.2) is 18.9 Å². The topological polar surface area (TPSA) is 58.4 Å². The first-order valence-electron chi connectivity index (χ1n) is 11.0. The molecule has 0 aliphatic carbocycles. The van der Waals surface area contributed by atoms with E-state index in [9.17, 15) is 0 Å². The van der Waals surface area contributed by atoms with E-state index in [0.717, 1.165) is 39.6 Å². The normalized spacial score (nSPS) is 18.5. The van der Waals surface area contributed by atoms with Crippen molar-refractivity contribution in [1.29, 1.82) is 0 Å². The van der Waals surface area contributed by atoms with E-state index in [0.29, 0.717) is 17.3 Å². The molecule has 8 heteroatoms. The lowest BCUT2D eigenvalue weighted by Gasteiger charge is -2.48. The van der Waals surface area contributed by atoms with E-state index in [1.54, 1.807) is 4.52 Å². The van der Waals surface area contributed by atoms with Crippen molar-refractivity contribution in [3.63, 3.8) is 0 Å². The van der Waals surface area contributed by atoms with E-state index >= 15 is 4.39 Å². The van der Waals surface area contributed by atoms with Crippen LogP contribution in [0.1, 0.15) is 46.2 Å². The summed E-state index contributed by atoms with van der Waals surface area (Å²) in [4.78, 5) is 11.3. The van der Waals surface area contributed by atoms with Gasteiger partial charge in [0.15, 0.2) is 16.6 Å². The highest BCUT2D eigenvalue weighted by molar-refractivity contribution is 7.22. The van der Waals surface area contributed by atoms with E-state index in [4.69, 9.17) is 0 Å². The third-order valence-electron chi connectivity index (χ3n) is 6.19. The van der Waals surface area contributed by atoms with Gasteiger partial charge in [-0.05, 0) is 71.7 Å². The molecule has 6 nitrogen and oxygen atoms in total. The minimum absolute atomic E-state index is 0.0335. The number of hydrogen-bond acceptors (Lipinski definition) is 6. The first-order valence-corrected chi connectivity index (χ1v) is 11.8. The van der Waals surface area contributed by atoms with Crippen LogP contribution in [0.5, 0.6) is 0 Å². The van der Waals surface area contributed by atoms with Crippen molar-refractivity contribution in [2.24, 2.45) is 0 Å². The monoisotopic (exact) mass is 452 g/mol. The van der Waals surface area contributed by atoms with Crippen LogP contribution in [0.4, 0.5) is 9.52 Å². The molecule has 1 aromatic carbocycles. The third-order valence-corrected chi connectivity index (χ3v) is 7.28. The third kappa shape index (κ3) is 3.86. The molecule has 1 fully saturated rings. The lowest BCUT2D eigenvalue weighted by molar-refractivity contribution is 0.161. The second-order valence-electron chi connectivity index (χ2n) is 10.3. The van der Waals surface area contributed by atoms with Crippen LogP contribution >= 0.6 is 11.3 Å². The Morgan fingerprint density at radius 2 is 1.84 bits per heavy atom. The number of thiazole rings is 1. The maximum atomic E-state index is 15.1. The van der Waals surface area contributed by atoms with Crippen molar-refractivity contribution in [3.05, 3.63) is 42.0 Å². The molecule has 0 unspecified atom stereocenters. The molecule has 3 aromatic heterocycles. The van der Waals surface area contributed by atoms with Crippen LogP contribution in [0.15, 0.2) is 30.5 Å². The standard InChI is InChI=1S/C24H29FN6S/c1-14-13-31-20(26-14)8-7-18(28-31)15-9-17(25)21-19(10-15)32-22(27-21)30(6)16-11-23(2,3)29-24(4,5)12-16/h7-10,13,16,29H,11-12H2,1-6H3. The molecule has 1 saturated heterocycles. The van der Waals surface area contributed by atoms with Crippen molar-refractivity contribution in [1.82, 2.24) is 24.9 Å². The molecule has 0 radical (unpaired) electrons. The minimum Gasteiger partial charge on any atom is -0.348 e. The van der Waals surface area contributed by atoms with E-state index in [-0.39, 0.29) is 16.9 Å². The van der Waals surface area contributed by atoms with E-state index in [2.05, 4.69) is 60.0 Å². The molecule has 1 aliphatic heterocycles. The van der Waals surface area contributed by atoms with Gasteiger partial charge >= 0.3 is 0 Å². The maximum Gasteiger partial charge on any atom is 0.186 e. The van der Waals surface area contributed by atoms with Gasteiger partial charge in [-0.3, -0.25) is 0 Å². The fourth-order valence-corrected chi connectivity index (χ4v) is 6.18. The largest absolute Gasteiger partial charge is 0.348 e. The Labute approximate surface area is 191 Å². The predicted molar refractivity (Wildman–Crippen MR) is 129 cm³/mol. The molecule has 4 aromatic rings. The number of nitrogens with one attached hydrogen (secondary N) is 1. The quantitative estimate of drug-likeness (QED) is 0.463. The van der Waals surface area contributed by atoms with E-state index in [1.165, 1.54) is 17.4 Å². The van der Waals surface area contributed by atoms with Crippen molar-refractivity contribution >= 4 is 32.3 Å². The zero-order valence-corrected chi connectivity index (χ0v) is 20.2. The molecule has 0 bridgehead atoms. The van der Waals surface area contributed by atoms with E-state index < -0.39 is 0 Å². The van der Waals surface area contributed by atoms with Crippen molar-refractivity contribution in [2.75, 3.05) is 11.9 Å². The summed E-state index contributed by atoms with van der Waals surface area (Å²) in [5.74, 6) is -0.317. The fourth-order valence-electron chi connectivity index (χ4n) is 5.13. The molecule has 168 valence electrons. The summed E-state index contributed by atoms with van der Waals surface area (Å²) < 4.78 is 17.7. The Kier molecular flexibility index (Phi) is 4.80. The number of imidazole rings is 1. The molecule has 0 amide bonds. The highest BCUT2D eigenvalue weighted by Gasteiger charge is 2.39. The minimum atomic E-state index is -0.317. The number of rotatable bonds is 3. The Balaban J connectivity index is 1.50. The van der Waals surface area contributed by atoms with Gasteiger partial charge in [0.2, 0.25) is 0 Å². The number of anilines is 1. The lowest BCUT2D eigenvalue weighted by atomic mass is 9.79. The predicted octanol–water partition coefficient (Wildman–Crippen LogP) is 5.20. The summed E-state index contributed by atoms with van der Waals surface area (Å²) in [6.07, 6.45) is 3.88. The number of halogens is 1. The molecule has 0 spiro atoms. The van der Waals surface area contributed by atoms with Crippen LogP contribution in [-0.4, -0.2) is 43.7 Å². The molecular formula is C24H29FN6S. The van der Waals surface area contributed by atoms with Gasteiger partial charge in [-0.2, -0.15) is 5.10 Å². The maximum absolute atomic E-state index is 15.1. The Morgan fingerprint density at radius 1 is 1.12 bits per heavy atom. The van der Waals surface area contributed by atoms with Crippen LogP contribution in [0.3, 0.4) is 0 Å². The zero-order valence-electron chi connectivity index (χ0n) is 19.4. The molecule has 0 saturated carbocycles. The first-order chi connectivity index (χ1) is 15.0. The number of benzene rings is 1. The molecule has 1 N–H and O–H groups in total. The number of aromatic nitrogens is 4. The summed E-state index contributed by atoms with van der Waals surface area (Å²) in [5.41, 5.74) is 3.62. The molecule has 32 heavy (non-hydrogen) atoms. The van der Waals surface area contributed by atoms with Crippen molar-refractivity contribution < 1.29 is 4.39 Å². The van der Waals surface area contributed by atoms with Gasteiger partial charge in [0, 0.05) is 29.7 Å². The van der Waals surface area contributed by atoms with Crippen molar-refractivity contribution in [2.45, 2.75) is 64.6 Å². The smallest absolute Gasteiger partial charge is 0.186 e. The first kappa shape index (κ1) is 21.3. The fraction of sp³-hybridized carbons (Fsp3) is 0.458. The van der Waals surface area contributed by atoms with Crippen LogP contribution in [0.2, 0.25) is 0 Å². The van der Waals surface area contributed by atoms with Crippen LogP contribution in [0, 0.1) is 12.7 Å². The summed E-state index contributed by atoms with van der Waals surface area (Å²) in [6, 6.07) is 7.64. The van der Waals surface area contributed by atoms with Gasteiger partial charge in [0.1, 0.15) is 5.52 Å². The van der Waals surface area contributed by atoms with Crippen LogP contribution in [0.25, 0.3) is 27.1 Å². The molecular weight excluding hydrogens is 423 g/mol. The SMILES string of the molecule is Cc1cn2nc(-c3cc(F)c4nc(N(C)C5CC(C)(C)NC(C)(C)C5)sc4c3)ccc2n1. The average Bonchev–Trinajstić information content (AvgIpc) is 3.27. The second kappa shape index (κ2) is 7.22. The summed E-state index contributed by atoms with van der Waals surface area (Å²) in [5, 5.41) is 9.19. The highest BCUT2D eigenvalue weighted by atomic mass is 32.1. The lowest BCUT2D eigenvalue weighted by Crippen LogP contribution is -2.61. The molecule has 5 rings (SSSR count). The summed E-state index contributed by atoms with van der Waals surface area (Å²) in [7, 11) is 2.08. The summed E-state index contributed by atoms with van der Waals surface area (Å²) >= 11 is 1.54. The van der Waals surface area contributed by atoms with Gasteiger partial charge < -0.3 is 10.2 Å². The second-order valence-corrected chi connectivity index (χ2v) is 11.3. The average molecular weight is 453 g/mol. The van der Waals surface area contributed by atoms with Gasteiger partial charge in [0.05, 0.1) is 22.3 Å². The molecule has 0 atom stereocenters. The number of aryl methyl sites for hydroxylation is 1. The van der Waals surface area contributed by atoms with Crippen molar-refractivity contribution in [3.8, 4) is 11.3 Å². The van der Waals surface area contributed by atoms with Crippen LogP contribution < -0.4 is 10.2 Å². The van der Waals surface area contributed by atoms with E-state index in [1.807, 2.05) is 31.3 Å². The number of piperidine rings is 1. The van der Waals surface area contributed by atoms with Gasteiger partial charge in [-0.15, -0.1) is 0 Å². The Hall–Kier alpha value is -2.58. The van der Waals surface area contributed by atoms with Gasteiger partial charge in [0.25, 0.3) is 0 Å². The van der Waals surface area contributed by atoms with Crippen LogP contribution in [-0.2, 0) is 0 Å². The molecule has 4 heterocycles. The Morgan fingerprint density at radius 3 is 2.56 bits per heavy atom. The molecule has 1 aliphatic rings. The highest BCUT2D eigenvalue weighted by Crippen LogP contribution is 2.38. The zero-order chi connectivity index (χ0) is 22.8. The number of fused-ring (bicyclic) bond motifs is 2. The Bertz CT molecular complexity index is 1310. The number of hydrogen-bond donors (Lipinski definition) is 1. The number of nitrogens with zero attached hydrogens (tertiary/aromatic N) is 5. The van der Waals surface area contributed by atoms with Gasteiger partial charge in [-0.1, -0.05) is 11.3 Å². The summed E-state index contributed by atoms with van der Waals surface area (Å²) in [6.45, 7) is 10.9.